The van der Waals surface area contributed by atoms with Crippen LogP contribution in [-0.2, 0) is 11.2 Å². The van der Waals surface area contributed by atoms with Crippen molar-refractivity contribution in [3.8, 4) is 5.69 Å². The maximum atomic E-state index is 12.3. The van der Waals surface area contributed by atoms with Crippen LogP contribution in [0.4, 0.5) is 5.69 Å². The lowest BCUT2D eigenvalue weighted by atomic mass is 10.1. The highest BCUT2D eigenvalue weighted by Crippen LogP contribution is 2.19. The number of hydrogen-bond acceptors (Lipinski definition) is 2. The van der Waals surface area contributed by atoms with Crippen LogP contribution in [0.1, 0.15) is 34.5 Å². The van der Waals surface area contributed by atoms with E-state index in [-0.39, 0.29) is 5.91 Å². The fraction of sp³-hybridized carbons (Fsp3) is 0.273. The van der Waals surface area contributed by atoms with Crippen molar-refractivity contribution >= 4 is 11.6 Å². The Balaban J connectivity index is 1.60. The molecular formula is C22H25N3O. The van der Waals surface area contributed by atoms with Crippen LogP contribution in [0, 0.1) is 27.7 Å². The number of aromatic nitrogens is 2. The Morgan fingerprint density at radius 2 is 1.77 bits per heavy atom. The molecule has 1 amide bonds. The topological polar surface area (TPSA) is 46.9 Å². The maximum Gasteiger partial charge on any atom is 0.224 e. The van der Waals surface area contributed by atoms with Crippen molar-refractivity contribution in [2.75, 3.05) is 5.32 Å². The summed E-state index contributed by atoms with van der Waals surface area (Å²) in [6.45, 7) is 8.12. The monoisotopic (exact) mass is 347 g/mol. The van der Waals surface area contributed by atoms with Crippen molar-refractivity contribution < 1.29 is 4.79 Å². The van der Waals surface area contributed by atoms with Crippen LogP contribution in [0.25, 0.3) is 5.69 Å². The standard InChI is InChI=1S/C22H25N3O/c1-15-6-5-7-21(18(15)4)23-22(26)13-10-19-8-11-20(12-9-19)25-17(3)14-16(2)24-25/h5-9,11-12,14H,10,13H2,1-4H3,(H,23,26). The molecule has 0 fully saturated rings. The van der Waals surface area contributed by atoms with E-state index in [9.17, 15) is 4.79 Å². The average molecular weight is 347 g/mol. The number of benzene rings is 2. The average Bonchev–Trinajstić information content (AvgIpc) is 2.96. The van der Waals surface area contributed by atoms with Gasteiger partial charge in [0, 0.05) is 17.8 Å². The number of carbonyl (C=O) groups is 1. The lowest BCUT2D eigenvalue weighted by molar-refractivity contribution is -0.116. The number of rotatable bonds is 5. The maximum absolute atomic E-state index is 12.3. The first-order valence-corrected chi connectivity index (χ1v) is 8.92. The predicted octanol–water partition coefficient (Wildman–Crippen LogP) is 4.68. The largest absolute Gasteiger partial charge is 0.326 e. The number of carbonyl (C=O) groups excluding carboxylic acids is 1. The number of nitrogens with one attached hydrogen (secondary N) is 1. The Bertz CT molecular complexity index is 923. The van der Waals surface area contributed by atoms with Gasteiger partial charge in [-0.15, -0.1) is 0 Å². The molecule has 0 aliphatic carbocycles. The highest BCUT2D eigenvalue weighted by Gasteiger charge is 2.07. The van der Waals surface area contributed by atoms with Crippen LogP contribution in [0.15, 0.2) is 48.5 Å². The molecule has 3 rings (SSSR count). The zero-order valence-corrected chi connectivity index (χ0v) is 15.8. The minimum absolute atomic E-state index is 0.0429. The summed E-state index contributed by atoms with van der Waals surface area (Å²) in [6, 6.07) is 16.3. The Morgan fingerprint density at radius 3 is 2.42 bits per heavy atom. The molecule has 1 heterocycles. The van der Waals surface area contributed by atoms with Gasteiger partial charge in [-0.3, -0.25) is 4.79 Å². The van der Waals surface area contributed by atoms with Crippen molar-refractivity contribution in [3.05, 3.63) is 76.6 Å². The van der Waals surface area contributed by atoms with Gasteiger partial charge in [0.05, 0.1) is 11.4 Å². The molecule has 0 atom stereocenters. The summed E-state index contributed by atoms with van der Waals surface area (Å²) < 4.78 is 1.94. The van der Waals surface area contributed by atoms with Gasteiger partial charge >= 0.3 is 0 Å². The highest BCUT2D eigenvalue weighted by molar-refractivity contribution is 5.91. The molecular weight excluding hydrogens is 322 g/mol. The molecule has 1 N–H and O–H groups in total. The van der Waals surface area contributed by atoms with E-state index in [4.69, 9.17) is 0 Å². The smallest absolute Gasteiger partial charge is 0.224 e. The molecule has 4 nitrogen and oxygen atoms in total. The fourth-order valence-electron chi connectivity index (χ4n) is 3.05. The van der Waals surface area contributed by atoms with Crippen molar-refractivity contribution in [1.82, 2.24) is 9.78 Å². The van der Waals surface area contributed by atoms with Crippen molar-refractivity contribution in [2.24, 2.45) is 0 Å². The summed E-state index contributed by atoms with van der Waals surface area (Å²) in [6.07, 6.45) is 1.18. The van der Waals surface area contributed by atoms with E-state index in [1.165, 1.54) is 5.56 Å². The summed E-state index contributed by atoms with van der Waals surface area (Å²) >= 11 is 0. The van der Waals surface area contributed by atoms with Gasteiger partial charge in [-0.05, 0) is 75.1 Å². The molecule has 134 valence electrons. The van der Waals surface area contributed by atoms with Crippen molar-refractivity contribution in [3.63, 3.8) is 0 Å². The molecule has 0 aliphatic rings. The van der Waals surface area contributed by atoms with Gasteiger partial charge in [0.15, 0.2) is 0 Å². The summed E-state index contributed by atoms with van der Waals surface area (Å²) in [5.74, 6) is 0.0429. The lowest BCUT2D eigenvalue weighted by Crippen LogP contribution is -2.13. The van der Waals surface area contributed by atoms with Gasteiger partial charge in [-0.25, -0.2) is 4.68 Å². The second-order valence-electron chi connectivity index (χ2n) is 6.80. The van der Waals surface area contributed by atoms with E-state index in [0.717, 1.165) is 33.9 Å². The van der Waals surface area contributed by atoms with Crippen LogP contribution in [-0.4, -0.2) is 15.7 Å². The Kier molecular flexibility index (Phi) is 5.21. The van der Waals surface area contributed by atoms with Gasteiger partial charge in [0.2, 0.25) is 5.91 Å². The third-order valence-corrected chi connectivity index (χ3v) is 4.71. The van der Waals surface area contributed by atoms with Crippen LogP contribution in [0.2, 0.25) is 0 Å². The van der Waals surface area contributed by atoms with E-state index >= 15 is 0 Å². The number of nitrogens with zero attached hydrogens (tertiary/aromatic N) is 2. The van der Waals surface area contributed by atoms with E-state index < -0.39 is 0 Å². The molecule has 26 heavy (non-hydrogen) atoms. The lowest BCUT2D eigenvalue weighted by Gasteiger charge is -2.10. The number of amides is 1. The first-order valence-electron chi connectivity index (χ1n) is 8.92. The molecule has 2 aromatic carbocycles. The zero-order valence-electron chi connectivity index (χ0n) is 15.8. The number of aryl methyl sites for hydroxylation is 4. The summed E-state index contributed by atoms with van der Waals surface area (Å²) in [5.41, 5.74) is 7.51. The number of hydrogen-bond donors (Lipinski definition) is 1. The second kappa shape index (κ2) is 7.56. The molecule has 0 bridgehead atoms. The second-order valence-corrected chi connectivity index (χ2v) is 6.80. The Hall–Kier alpha value is -2.88. The quantitative estimate of drug-likeness (QED) is 0.728. The molecule has 0 saturated heterocycles. The van der Waals surface area contributed by atoms with Gasteiger partial charge in [0.25, 0.3) is 0 Å². The first kappa shape index (κ1) is 17.9. The third-order valence-electron chi connectivity index (χ3n) is 4.71. The summed E-state index contributed by atoms with van der Waals surface area (Å²) in [4.78, 5) is 12.3. The molecule has 0 saturated carbocycles. The van der Waals surface area contributed by atoms with E-state index in [1.807, 2.05) is 37.6 Å². The van der Waals surface area contributed by atoms with Gasteiger partial charge < -0.3 is 5.32 Å². The molecule has 0 radical (unpaired) electrons. The zero-order chi connectivity index (χ0) is 18.7. The van der Waals surface area contributed by atoms with Gasteiger partial charge in [-0.1, -0.05) is 24.3 Å². The number of anilines is 1. The minimum atomic E-state index is 0.0429. The van der Waals surface area contributed by atoms with E-state index in [1.54, 1.807) is 0 Å². The van der Waals surface area contributed by atoms with Crippen LogP contribution < -0.4 is 5.32 Å². The fourth-order valence-corrected chi connectivity index (χ4v) is 3.05. The summed E-state index contributed by atoms with van der Waals surface area (Å²) in [5, 5.41) is 7.51. The summed E-state index contributed by atoms with van der Waals surface area (Å²) in [7, 11) is 0. The molecule has 0 unspecified atom stereocenters. The van der Waals surface area contributed by atoms with Gasteiger partial charge in [0.1, 0.15) is 0 Å². The normalized spacial score (nSPS) is 10.8. The Labute approximate surface area is 154 Å². The third kappa shape index (κ3) is 4.02. The highest BCUT2D eigenvalue weighted by atomic mass is 16.1. The van der Waals surface area contributed by atoms with Crippen molar-refractivity contribution in [1.29, 1.82) is 0 Å². The SMILES string of the molecule is Cc1cc(C)n(-c2ccc(CCC(=O)Nc3cccc(C)c3C)cc2)n1. The van der Waals surface area contributed by atoms with E-state index in [2.05, 4.69) is 53.7 Å². The molecule has 0 spiro atoms. The van der Waals surface area contributed by atoms with Crippen LogP contribution in [0.5, 0.6) is 0 Å². The molecule has 4 heteroatoms. The van der Waals surface area contributed by atoms with Crippen LogP contribution in [0.3, 0.4) is 0 Å². The predicted molar refractivity (Wildman–Crippen MR) is 106 cm³/mol. The molecule has 1 aromatic heterocycles. The van der Waals surface area contributed by atoms with Crippen LogP contribution >= 0.6 is 0 Å². The Morgan fingerprint density at radius 1 is 1.04 bits per heavy atom. The minimum Gasteiger partial charge on any atom is -0.326 e. The first-order chi connectivity index (χ1) is 12.4. The van der Waals surface area contributed by atoms with Crippen molar-refractivity contribution in [2.45, 2.75) is 40.5 Å². The van der Waals surface area contributed by atoms with Gasteiger partial charge in [-0.2, -0.15) is 5.10 Å². The molecule has 3 aromatic rings. The molecule has 0 aliphatic heterocycles. The van der Waals surface area contributed by atoms with E-state index in [0.29, 0.717) is 12.8 Å².